The van der Waals surface area contributed by atoms with Crippen LogP contribution in [0.25, 0.3) is 11.3 Å². The van der Waals surface area contributed by atoms with Crippen LogP contribution in [0.4, 0.5) is 5.69 Å². The van der Waals surface area contributed by atoms with Gasteiger partial charge < -0.3 is 5.32 Å². The van der Waals surface area contributed by atoms with Crippen LogP contribution in [0.2, 0.25) is 0 Å². The Labute approximate surface area is 120 Å². The number of benzene rings is 2. The van der Waals surface area contributed by atoms with Gasteiger partial charge in [-0.25, -0.2) is 4.98 Å². The van der Waals surface area contributed by atoms with E-state index in [2.05, 4.69) is 10.3 Å². The van der Waals surface area contributed by atoms with Crippen molar-refractivity contribution < 1.29 is 4.79 Å². The third-order valence-corrected chi connectivity index (χ3v) is 3.50. The molecule has 0 spiro atoms. The van der Waals surface area contributed by atoms with E-state index in [1.165, 1.54) is 11.3 Å². The quantitative estimate of drug-likeness (QED) is 0.786. The van der Waals surface area contributed by atoms with E-state index in [1.54, 1.807) is 5.51 Å². The fourth-order valence-corrected chi connectivity index (χ4v) is 2.52. The second-order valence-corrected chi connectivity index (χ2v) is 4.96. The summed E-state index contributed by atoms with van der Waals surface area (Å²) < 4.78 is 0. The number of carbonyl (C=O) groups is 1. The number of para-hydroxylation sites is 1. The average molecular weight is 280 g/mol. The number of aromatic nitrogens is 1. The maximum absolute atomic E-state index is 12.4. The van der Waals surface area contributed by atoms with Crippen LogP contribution in [0.5, 0.6) is 0 Å². The van der Waals surface area contributed by atoms with Crippen LogP contribution < -0.4 is 5.32 Å². The van der Waals surface area contributed by atoms with Gasteiger partial charge in [0, 0.05) is 22.2 Å². The lowest BCUT2D eigenvalue weighted by molar-refractivity contribution is 0.102. The second-order valence-electron chi connectivity index (χ2n) is 4.24. The van der Waals surface area contributed by atoms with E-state index in [9.17, 15) is 4.79 Å². The lowest BCUT2D eigenvalue weighted by Gasteiger charge is -2.08. The van der Waals surface area contributed by atoms with Crippen molar-refractivity contribution >= 4 is 22.9 Å². The minimum Gasteiger partial charge on any atom is -0.322 e. The highest BCUT2D eigenvalue weighted by Gasteiger charge is 2.13. The third kappa shape index (κ3) is 2.60. The number of hydrogen-bond donors (Lipinski definition) is 1. The Hall–Kier alpha value is -2.46. The average Bonchev–Trinajstić information content (AvgIpc) is 3.02. The van der Waals surface area contributed by atoms with E-state index in [4.69, 9.17) is 0 Å². The van der Waals surface area contributed by atoms with Crippen molar-refractivity contribution in [3.8, 4) is 11.3 Å². The van der Waals surface area contributed by atoms with Crippen LogP contribution in [0.1, 0.15) is 10.4 Å². The molecule has 0 saturated heterocycles. The molecule has 20 heavy (non-hydrogen) atoms. The summed E-state index contributed by atoms with van der Waals surface area (Å²) in [6.45, 7) is 0. The van der Waals surface area contributed by atoms with E-state index in [-0.39, 0.29) is 5.91 Å². The lowest BCUT2D eigenvalue weighted by atomic mass is 10.0. The topological polar surface area (TPSA) is 42.0 Å². The molecule has 3 aromatic rings. The summed E-state index contributed by atoms with van der Waals surface area (Å²) >= 11 is 1.52. The Kier molecular flexibility index (Phi) is 3.56. The lowest BCUT2D eigenvalue weighted by Crippen LogP contribution is -2.13. The SMILES string of the molecule is O=C(Nc1ccccc1)c1ccccc1-c1cscn1. The van der Waals surface area contributed by atoms with Gasteiger partial charge in [-0.2, -0.15) is 0 Å². The Balaban J connectivity index is 1.93. The number of amides is 1. The maximum Gasteiger partial charge on any atom is 0.256 e. The van der Waals surface area contributed by atoms with Crippen LogP contribution >= 0.6 is 11.3 Å². The fourth-order valence-electron chi connectivity index (χ4n) is 1.97. The molecule has 0 unspecified atom stereocenters. The molecule has 2 aromatic carbocycles. The van der Waals surface area contributed by atoms with Gasteiger partial charge in [0.1, 0.15) is 0 Å². The minimum atomic E-state index is -0.125. The zero-order valence-electron chi connectivity index (χ0n) is 10.6. The first-order chi connectivity index (χ1) is 9.84. The number of carbonyl (C=O) groups excluding carboxylic acids is 1. The third-order valence-electron chi connectivity index (χ3n) is 2.91. The second kappa shape index (κ2) is 5.67. The molecule has 0 fully saturated rings. The first kappa shape index (κ1) is 12.6. The highest BCUT2D eigenvalue weighted by molar-refractivity contribution is 7.07. The van der Waals surface area contributed by atoms with E-state index >= 15 is 0 Å². The first-order valence-electron chi connectivity index (χ1n) is 6.18. The Morgan fingerprint density at radius 1 is 1.00 bits per heavy atom. The molecule has 3 nitrogen and oxygen atoms in total. The molecular weight excluding hydrogens is 268 g/mol. The highest BCUT2D eigenvalue weighted by Crippen LogP contribution is 2.24. The number of thiazole rings is 1. The van der Waals surface area contributed by atoms with Crippen LogP contribution in [0.3, 0.4) is 0 Å². The minimum absolute atomic E-state index is 0.125. The maximum atomic E-state index is 12.4. The van der Waals surface area contributed by atoms with Crippen molar-refractivity contribution in [3.63, 3.8) is 0 Å². The normalized spacial score (nSPS) is 10.2. The molecule has 1 heterocycles. The predicted octanol–water partition coefficient (Wildman–Crippen LogP) is 4.06. The van der Waals surface area contributed by atoms with Crippen LogP contribution in [-0.4, -0.2) is 10.9 Å². The van der Waals surface area contributed by atoms with Gasteiger partial charge in [-0.1, -0.05) is 36.4 Å². The molecule has 1 N–H and O–H groups in total. The number of nitrogens with zero attached hydrogens (tertiary/aromatic N) is 1. The van der Waals surface area contributed by atoms with Gasteiger partial charge in [-0.15, -0.1) is 11.3 Å². The molecule has 0 aliphatic carbocycles. The van der Waals surface area contributed by atoms with E-state index in [0.717, 1.165) is 16.9 Å². The summed E-state index contributed by atoms with van der Waals surface area (Å²) in [5, 5.41) is 4.84. The molecule has 98 valence electrons. The number of nitrogens with one attached hydrogen (secondary N) is 1. The molecule has 3 rings (SSSR count). The van der Waals surface area contributed by atoms with Gasteiger partial charge in [0.15, 0.2) is 0 Å². The van der Waals surface area contributed by atoms with E-state index in [1.807, 2.05) is 60.0 Å². The summed E-state index contributed by atoms with van der Waals surface area (Å²) in [6, 6.07) is 16.9. The zero-order valence-corrected chi connectivity index (χ0v) is 11.4. The molecule has 0 saturated carbocycles. The zero-order chi connectivity index (χ0) is 13.8. The van der Waals surface area contributed by atoms with Gasteiger partial charge in [0.25, 0.3) is 5.91 Å². The van der Waals surface area contributed by atoms with Crippen molar-refractivity contribution in [3.05, 3.63) is 71.1 Å². The predicted molar refractivity (Wildman–Crippen MR) is 81.9 cm³/mol. The summed E-state index contributed by atoms with van der Waals surface area (Å²) in [5.41, 5.74) is 4.85. The largest absolute Gasteiger partial charge is 0.322 e. The van der Waals surface area contributed by atoms with Gasteiger partial charge >= 0.3 is 0 Å². The smallest absolute Gasteiger partial charge is 0.256 e. The number of rotatable bonds is 3. The summed E-state index contributed by atoms with van der Waals surface area (Å²) in [5.74, 6) is -0.125. The van der Waals surface area contributed by atoms with Crippen molar-refractivity contribution in [2.45, 2.75) is 0 Å². The Morgan fingerprint density at radius 2 is 1.75 bits per heavy atom. The molecule has 1 amide bonds. The van der Waals surface area contributed by atoms with Gasteiger partial charge in [0.2, 0.25) is 0 Å². The van der Waals surface area contributed by atoms with Crippen molar-refractivity contribution in [1.82, 2.24) is 4.98 Å². The first-order valence-corrected chi connectivity index (χ1v) is 7.13. The molecule has 4 heteroatoms. The van der Waals surface area contributed by atoms with Crippen molar-refractivity contribution in [1.29, 1.82) is 0 Å². The molecule has 0 aliphatic heterocycles. The van der Waals surface area contributed by atoms with E-state index in [0.29, 0.717) is 5.56 Å². The van der Waals surface area contributed by atoms with E-state index < -0.39 is 0 Å². The molecule has 0 bridgehead atoms. The summed E-state index contributed by atoms with van der Waals surface area (Å²) in [4.78, 5) is 16.7. The van der Waals surface area contributed by atoms with Crippen molar-refractivity contribution in [2.75, 3.05) is 5.32 Å². The molecular formula is C16H12N2OS. The summed E-state index contributed by atoms with van der Waals surface area (Å²) in [7, 11) is 0. The highest BCUT2D eigenvalue weighted by atomic mass is 32.1. The standard InChI is InChI=1S/C16H12N2OS/c19-16(18-12-6-2-1-3-7-12)14-9-5-4-8-13(14)15-10-20-11-17-15/h1-11H,(H,18,19). The molecule has 1 aromatic heterocycles. The number of hydrogen-bond acceptors (Lipinski definition) is 3. The van der Waals surface area contributed by atoms with Crippen LogP contribution in [-0.2, 0) is 0 Å². The fraction of sp³-hybridized carbons (Fsp3) is 0. The molecule has 0 radical (unpaired) electrons. The Morgan fingerprint density at radius 3 is 2.50 bits per heavy atom. The van der Waals surface area contributed by atoms with Crippen molar-refractivity contribution in [2.24, 2.45) is 0 Å². The van der Waals surface area contributed by atoms with Gasteiger partial charge in [0.05, 0.1) is 11.2 Å². The monoisotopic (exact) mass is 280 g/mol. The molecule has 0 aliphatic rings. The number of anilines is 1. The van der Waals surface area contributed by atoms with Crippen LogP contribution in [0, 0.1) is 0 Å². The van der Waals surface area contributed by atoms with Crippen LogP contribution in [0.15, 0.2) is 65.5 Å². The van der Waals surface area contributed by atoms with Gasteiger partial charge in [-0.3, -0.25) is 4.79 Å². The Bertz CT molecular complexity index is 708. The van der Waals surface area contributed by atoms with Gasteiger partial charge in [-0.05, 0) is 18.2 Å². The molecule has 0 atom stereocenters. The summed E-state index contributed by atoms with van der Waals surface area (Å²) in [6.07, 6.45) is 0.